The van der Waals surface area contributed by atoms with Gasteiger partial charge < -0.3 is 14.7 Å². The van der Waals surface area contributed by atoms with Crippen molar-refractivity contribution in [2.24, 2.45) is 4.99 Å². The summed E-state index contributed by atoms with van der Waals surface area (Å²) < 4.78 is 47.0. The van der Waals surface area contributed by atoms with Crippen LogP contribution in [-0.2, 0) is 10.9 Å². The third kappa shape index (κ3) is 4.83. The number of benzene rings is 2. The first-order chi connectivity index (χ1) is 12.8. The van der Waals surface area contributed by atoms with Crippen molar-refractivity contribution in [1.29, 1.82) is 0 Å². The standard InChI is InChI=1S/C18H15Br2F3N2O2/c19-12-7-11(17(26)15(20)8-12)10-24-16-2-1-13(9-14(16)18(21,22)23)25-3-5-27-6-4-25/h1-2,7-10,26H,3-6H2. The lowest BCUT2D eigenvalue weighted by Crippen LogP contribution is -2.36. The number of phenols is 1. The lowest BCUT2D eigenvalue weighted by Gasteiger charge is -2.29. The van der Waals surface area contributed by atoms with Crippen molar-refractivity contribution >= 4 is 49.4 Å². The zero-order valence-electron chi connectivity index (χ0n) is 13.9. The number of morpholine rings is 1. The van der Waals surface area contributed by atoms with Gasteiger partial charge >= 0.3 is 6.18 Å². The zero-order valence-corrected chi connectivity index (χ0v) is 17.1. The molecule has 0 spiro atoms. The highest BCUT2D eigenvalue weighted by atomic mass is 79.9. The molecule has 9 heteroatoms. The molecule has 3 rings (SSSR count). The van der Waals surface area contributed by atoms with Crippen molar-refractivity contribution in [1.82, 2.24) is 0 Å². The van der Waals surface area contributed by atoms with E-state index in [2.05, 4.69) is 36.9 Å². The Morgan fingerprint density at radius 1 is 1.11 bits per heavy atom. The molecule has 0 atom stereocenters. The van der Waals surface area contributed by atoms with Gasteiger partial charge in [0.25, 0.3) is 0 Å². The SMILES string of the molecule is Oc1c(Br)cc(Br)cc1C=Nc1ccc(N2CCOCC2)cc1C(F)(F)F. The second-order valence-corrected chi connectivity index (χ2v) is 7.65. The minimum Gasteiger partial charge on any atom is -0.506 e. The highest BCUT2D eigenvalue weighted by Gasteiger charge is 2.34. The highest BCUT2D eigenvalue weighted by molar-refractivity contribution is 9.11. The third-order valence-electron chi connectivity index (χ3n) is 4.06. The number of phenolic OH excluding ortho intramolecular Hbond substituents is 1. The van der Waals surface area contributed by atoms with Gasteiger partial charge in [0, 0.05) is 35.0 Å². The monoisotopic (exact) mass is 506 g/mol. The summed E-state index contributed by atoms with van der Waals surface area (Å²) in [5, 5.41) is 10.0. The van der Waals surface area contributed by atoms with E-state index in [1.165, 1.54) is 12.3 Å². The number of halogens is 5. The molecule has 0 aliphatic carbocycles. The molecule has 0 unspecified atom stereocenters. The van der Waals surface area contributed by atoms with Gasteiger partial charge in [0.2, 0.25) is 0 Å². The largest absolute Gasteiger partial charge is 0.506 e. The summed E-state index contributed by atoms with van der Waals surface area (Å²) in [6.07, 6.45) is -3.33. The van der Waals surface area contributed by atoms with E-state index in [4.69, 9.17) is 4.74 Å². The van der Waals surface area contributed by atoms with E-state index in [0.717, 1.165) is 6.07 Å². The van der Waals surface area contributed by atoms with E-state index in [1.807, 2.05) is 4.90 Å². The number of ether oxygens (including phenoxy) is 1. The van der Waals surface area contributed by atoms with Gasteiger partial charge in [-0.2, -0.15) is 13.2 Å². The van der Waals surface area contributed by atoms with Gasteiger partial charge in [-0.05, 0) is 46.3 Å². The summed E-state index contributed by atoms with van der Waals surface area (Å²) >= 11 is 6.46. The van der Waals surface area contributed by atoms with Crippen LogP contribution in [0.5, 0.6) is 5.75 Å². The van der Waals surface area contributed by atoms with E-state index in [-0.39, 0.29) is 11.4 Å². The molecule has 0 radical (unpaired) electrons. The first kappa shape index (κ1) is 20.2. The fraction of sp³-hybridized carbons (Fsp3) is 0.278. The number of hydrogen-bond donors (Lipinski definition) is 1. The number of nitrogens with zero attached hydrogens (tertiary/aromatic N) is 2. The lowest BCUT2D eigenvalue weighted by molar-refractivity contribution is -0.137. The Morgan fingerprint density at radius 2 is 1.81 bits per heavy atom. The molecule has 0 saturated carbocycles. The molecule has 144 valence electrons. The fourth-order valence-corrected chi connectivity index (χ4v) is 3.96. The van der Waals surface area contributed by atoms with Crippen molar-refractivity contribution in [2.75, 3.05) is 31.2 Å². The molecule has 4 nitrogen and oxygen atoms in total. The molecule has 1 N–H and O–H groups in total. The van der Waals surface area contributed by atoms with Crippen molar-refractivity contribution in [3.05, 3.63) is 50.4 Å². The van der Waals surface area contributed by atoms with Crippen LogP contribution in [-0.4, -0.2) is 37.6 Å². The van der Waals surface area contributed by atoms with E-state index in [0.29, 0.717) is 46.5 Å². The van der Waals surface area contributed by atoms with Gasteiger partial charge in [-0.1, -0.05) is 15.9 Å². The third-order valence-corrected chi connectivity index (χ3v) is 5.12. The maximum absolute atomic E-state index is 13.5. The topological polar surface area (TPSA) is 45.1 Å². The van der Waals surface area contributed by atoms with Crippen LogP contribution in [0.25, 0.3) is 0 Å². The van der Waals surface area contributed by atoms with E-state index >= 15 is 0 Å². The second-order valence-electron chi connectivity index (χ2n) is 5.88. The summed E-state index contributed by atoms with van der Waals surface area (Å²) in [5.74, 6) is -0.0968. The van der Waals surface area contributed by atoms with Crippen LogP contribution in [0, 0.1) is 0 Å². The molecule has 2 aromatic rings. The van der Waals surface area contributed by atoms with Crippen LogP contribution in [0.15, 0.2) is 44.3 Å². The minimum absolute atomic E-state index is 0.0968. The fourth-order valence-electron chi connectivity index (χ4n) is 2.71. The molecule has 1 aliphatic rings. The number of aliphatic imine (C=N–C) groups is 1. The van der Waals surface area contributed by atoms with Gasteiger partial charge in [0.15, 0.2) is 0 Å². The van der Waals surface area contributed by atoms with Crippen LogP contribution in [0.2, 0.25) is 0 Å². The molecular weight excluding hydrogens is 493 g/mol. The highest BCUT2D eigenvalue weighted by Crippen LogP contribution is 2.39. The maximum Gasteiger partial charge on any atom is 0.418 e. The quantitative estimate of drug-likeness (QED) is 0.556. The summed E-state index contributed by atoms with van der Waals surface area (Å²) in [5.41, 5.74) is -0.259. The Labute approximate surface area is 170 Å². The number of rotatable bonds is 3. The molecule has 0 bridgehead atoms. The first-order valence-corrected chi connectivity index (χ1v) is 9.60. The summed E-state index contributed by atoms with van der Waals surface area (Å²) in [6, 6.07) is 7.26. The Bertz CT molecular complexity index is 866. The number of alkyl halides is 3. The van der Waals surface area contributed by atoms with Crippen LogP contribution in [0.3, 0.4) is 0 Å². The molecule has 0 aromatic heterocycles. The molecule has 1 fully saturated rings. The van der Waals surface area contributed by atoms with Gasteiger partial charge in [-0.25, -0.2) is 0 Å². The van der Waals surface area contributed by atoms with Crippen molar-refractivity contribution in [3.8, 4) is 5.75 Å². The predicted octanol–water partition coefficient (Wildman–Crippen LogP) is 5.52. The molecular formula is C18H15Br2F3N2O2. The van der Waals surface area contributed by atoms with Crippen molar-refractivity contribution in [2.45, 2.75) is 6.18 Å². The molecule has 1 heterocycles. The first-order valence-electron chi connectivity index (χ1n) is 8.02. The molecule has 1 aliphatic heterocycles. The number of aromatic hydroxyl groups is 1. The summed E-state index contributed by atoms with van der Waals surface area (Å²) in [4.78, 5) is 5.83. The van der Waals surface area contributed by atoms with Crippen molar-refractivity contribution in [3.63, 3.8) is 0 Å². The van der Waals surface area contributed by atoms with Gasteiger partial charge in [-0.3, -0.25) is 4.99 Å². The van der Waals surface area contributed by atoms with Crippen LogP contribution < -0.4 is 4.90 Å². The van der Waals surface area contributed by atoms with E-state index in [1.54, 1.807) is 18.2 Å². The predicted molar refractivity (Wildman–Crippen MR) is 105 cm³/mol. The van der Waals surface area contributed by atoms with E-state index in [9.17, 15) is 18.3 Å². The smallest absolute Gasteiger partial charge is 0.418 e. The van der Waals surface area contributed by atoms with Crippen LogP contribution in [0.4, 0.5) is 24.5 Å². The minimum atomic E-state index is -4.55. The Kier molecular flexibility index (Phi) is 6.12. The van der Waals surface area contributed by atoms with Gasteiger partial charge in [0.1, 0.15) is 5.75 Å². The summed E-state index contributed by atoms with van der Waals surface area (Å²) in [6.45, 7) is 2.05. The van der Waals surface area contributed by atoms with Gasteiger partial charge in [-0.15, -0.1) is 0 Å². The summed E-state index contributed by atoms with van der Waals surface area (Å²) in [7, 11) is 0. The van der Waals surface area contributed by atoms with E-state index < -0.39 is 11.7 Å². The lowest BCUT2D eigenvalue weighted by atomic mass is 10.1. The number of hydrogen-bond acceptors (Lipinski definition) is 4. The van der Waals surface area contributed by atoms with Crippen LogP contribution >= 0.6 is 31.9 Å². The second kappa shape index (κ2) is 8.20. The molecule has 0 amide bonds. The van der Waals surface area contributed by atoms with Gasteiger partial charge in [0.05, 0.1) is 28.9 Å². The average molecular weight is 508 g/mol. The average Bonchev–Trinajstić information content (AvgIpc) is 2.63. The Balaban J connectivity index is 1.97. The molecule has 1 saturated heterocycles. The Hall–Kier alpha value is -1.58. The maximum atomic E-state index is 13.5. The number of anilines is 1. The normalized spacial score (nSPS) is 15.5. The van der Waals surface area contributed by atoms with Crippen LogP contribution in [0.1, 0.15) is 11.1 Å². The zero-order chi connectivity index (χ0) is 19.6. The molecule has 2 aromatic carbocycles. The Morgan fingerprint density at radius 3 is 2.48 bits per heavy atom. The van der Waals surface area contributed by atoms with Crippen molar-refractivity contribution < 1.29 is 23.0 Å². The molecule has 27 heavy (non-hydrogen) atoms.